The highest BCUT2D eigenvalue weighted by atomic mass is 35.5. The van der Waals surface area contributed by atoms with E-state index in [0.717, 1.165) is 5.56 Å². The van der Waals surface area contributed by atoms with Gasteiger partial charge in [0.05, 0.1) is 7.11 Å². The molecule has 0 bridgehead atoms. The van der Waals surface area contributed by atoms with E-state index in [1.54, 1.807) is 18.3 Å². The number of benzene rings is 1. The molecule has 11 heteroatoms. The molecule has 0 radical (unpaired) electrons. The number of aryl methyl sites for hydroxylation is 1. The minimum Gasteiger partial charge on any atom is -0.495 e. The molecular formula is C21H23ClN6O3S. The summed E-state index contributed by atoms with van der Waals surface area (Å²) in [5.41, 5.74) is 1.08. The third kappa shape index (κ3) is 4.77. The van der Waals surface area contributed by atoms with E-state index in [1.165, 1.54) is 17.5 Å². The predicted molar refractivity (Wildman–Crippen MR) is 123 cm³/mol. The van der Waals surface area contributed by atoms with Gasteiger partial charge < -0.3 is 15.0 Å². The minimum atomic E-state index is -3.73. The first-order chi connectivity index (χ1) is 15.4. The van der Waals surface area contributed by atoms with Gasteiger partial charge in [0.1, 0.15) is 16.5 Å². The lowest BCUT2D eigenvalue weighted by molar-refractivity contribution is 0.373. The first kappa shape index (κ1) is 22.3. The highest BCUT2D eigenvalue weighted by Gasteiger charge is 2.31. The highest BCUT2D eigenvalue weighted by Crippen LogP contribution is 2.30. The lowest BCUT2D eigenvalue weighted by Gasteiger charge is -2.34. The molecule has 168 valence electrons. The van der Waals surface area contributed by atoms with Gasteiger partial charge in [0.25, 0.3) is 0 Å². The predicted octanol–water partition coefficient (Wildman–Crippen LogP) is 3.10. The number of anilines is 3. The van der Waals surface area contributed by atoms with E-state index in [2.05, 4.69) is 20.5 Å². The molecule has 0 saturated carbocycles. The zero-order valence-corrected chi connectivity index (χ0v) is 19.3. The van der Waals surface area contributed by atoms with Crippen LogP contribution in [0, 0.1) is 6.92 Å². The van der Waals surface area contributed by atoms with Gasteiger partial charge in [-0.25, -0.2) is 13.4 Å². The van der Waals surface area contributed by atoms with Gasteiger partial charge in [-0.05, 0) is 48.9 Å². The molecule has 0 aliphatic carbocycles. The number of hydrogen-bond donors (Lipinski definition) is 1. The van der Waals surface area contributed by atoms with E-state index in [0.29, 0.717) is 48.7 Å². The van der Waals surface area contributed by atoms with Crippen molar-refractivity contribution in [1.29, 1.82) is 0 Å². The number of aromatic nitrogens is 3. The second-order valence-corrected chi connectivity index (χ2v) is 9.65. The molecule has 0 amide bonds. The number of nitrogens with zero attached hydrogens (tertiary/aromatic N) is 5. The summed E-state index contributed by atoms with van der Waals surface area (Å²) in [7, 11) is -2.30. The quantitative estimate of drug-likeness (QED) is 0.581. The van der Waals surface area contributed by atoms with E-state index in [-0.39, 0.29) is 10.6 Å². The van der Waals surface area contributed by atoms with Crippen LogP contribution in [0.2, 0.25) is 5.02 Å². The Labute approximate surface area is 192 Å². The number of halogens is 1. The highest BCUT2D eigenvalue weighted by molar-refractivity contribution is 7.89. The number of sulfonamides is 1. The van der Waals surface area contributed by atoms with Crippen molar-refractivity contribution in [3.05, 3.63) is 59.2 Å². The monoisotopic (exact) mass is 474 g/mol. The van der Waals surface area contributed by atoms with Crippen LogP contribution < -0.4 is 15.0 Å². The lowest BCUT2D eigenvalue weighted by atomic mass is 10.3. The number of ether oxygens (including phenoxy) is 1. The fraction of sp³-hybridized carbons (Fsp3) is 0.286. The summed E-state index contributed by atoms with van der Waals surface area (Å²) in [4.78, 5) is 6.36. The van der Waals surface area contributed by atoms with Gasteiger partial charge in [-0.3, -0.25) is 0 Å². The zero-order chi connectivity index (χ0) is 22.7. The Morgan fingerprint density at radius 2 is 1.75 bits per heavy atom. The van der Waals surface area contributed by atoms with Crippen molar-refractivity contribution in [3.8, 4) is 5.75 Å². The summed E-state index contributed by atoms with van der Waals surface area (Å²) < 4.78 is 32.9. The number of hydrogen-bond acceptors (Lipinski definition) is 8. The van der Waals surface area contributed by atoms with Crippen molar-refractivity contribution in [3.63, 3.8) is 0 Å². The van der Waals surface area contributed by atoms with E-state index >= 15 is 0 Å². The number of pyridine rings is 1. The fourth-order valence-corrected chi connectivity index (χ4v) is 5.22. The summed E-state index contributed by atoms with van der Waals surface area (Å²) in [6.07, 6.45) is 1.77. The number of rotatable bonds is 6. The second kappa shape index (κ2) is 9.27. The summed E-state index contributed by atoms with van der Waals surface area (Å²) >= 11 is 6.02. The Bertz CT molecular complexity index is 1180. The molecule has 1 aliphatic rings. The van der Waals surface area contributed by atoms with Crippen LogP contribution in [0.3, 0.4) is 0 Å². The largest absolute Gasteiger partial charge is 0.495 e. The van der Waals surface area contributed by atoms with Crippen molar-refractivity contribution in [2.24, 2.45) is 0 Å². The molecule has 2 aromatic heterocycles. The van der Waals surface area contributed by atoms with Gasteiger partial charge in [0, 0.05) is 37.4 Å². The third-order valence-corrected chi connectivity index (χ3v) is 7.28. The Kier molecular flexibility index (Phi) is 6.45. The van der Waals surface area contributed by atoms with Crippen LogP contribution in [0.1, 0.15) is 5.56 Å². The van der Waals surface area contributed by atoms with Gasteiger partial charge >= 0.3 is 0 Å². The number of methoxy groups -OCH3 is 1. The molecule has 3 heterocycles. The van der Waals surface area contributed by atoms with Gasteiger partial charge in [-0.1, -0.05) is 17.7 Å². The maximum atomic E-state index is 13.1. The molecule has 3 aromatic rings. The van der Waals surface area contributed by atoms with E-state index in [4.69, 9.17) is 16.3 Å². The Hall–Kier alpha value is -2.95. The minimum absolute atomic E-state index is 0.0703. The maximum Gasteiger partial charge on any atom is 0.246 e. The first-order valence-electron chi connectivity index (χ1n) is 9.99. The Morgan fingerprint density at radius 3 is 2.38 bits per heavy atom. The maximum absolute atomic E-state index is 13.1. The van der Waals surface area contributed by atoms with E-state index < -0.39 is 10.0 Å². The van der Waals surface area contributed by atoms with Crippen molar-refractivity contribution in [1.82, 2.24) is 19.5 Å². The van der Waals surface area contributed by atoms with Crippen molar-refractivity contribution in [2.45, 2.75) is 11.8 Å². The zero-order valence-electron chi connectivity index (χ0n) is 17.7. The Morgan fingerprint density at radius 1 is 1.00 bits per heavy atom. The third-order valence-electron chi connectivity index (χ3n) is 5.12. The first-order valence-corrected chi connectivity index (χ1v) is 11.8. The summed E-state index contributed by atoms with van der Waals surface area (Å²) in [6.45, 7) is 3.58. The molecular weight excluding hydrogens is 452 g/mol. The number of nitrogens with one attached hydrogen (secondary N) is 1. The molecule has 1 fully saturated rings. The number of piperazine rings is 1. The van der Waals surface area contributed by atoms with Gasteiger partial charge in [-0.15, -0.1) is 10.2 Å². The molecule has 0 atom stereocenters. The van der Waals surface area contributed by atoms with Crippen LogP contribution in [-0.2, 0) is 10.0 Å². The summed E-state index contributed by atoms with van der Waals surface area (Å²) in [5, 5.41) is 11.9. The Balaban J connectivity index is 1.41. The SMILES string of the molecule is COc1ccc(Cl)cc1S(=O)(=O)N1CCN(c2ccc(Nc3ccc(C)cn3)nn2)CC1. The molecule has 32 heavy (non-hydrogen) atoms. The van der Waals surface area contributed by atoms with Crippen LogP contribution in [0.25, 0.3) is 0 Å². The fourth-order valence-electron chi connectivity index (χ4n) is 3.38. The van der Waals surface area contributed by atoms with Crippen LogP contribution in [-0.4, -0.2) is 61.2 Å². The van der Waals surface area contributed by atoms with Crippen LogP contribution in [0.4, 0.5) is 17.5 Å². The van der Waals surface area contributed by atoms with Gasteiger partial charge in [0.15, 0.2) is 11.6 Å². The van der Waals surface area contributed by atoms with Crippen LogP contribution in [0.15, 0.2) is 53.6 Å². The molecule has 1 saturated heterocycles. The molecule has 1 aliphatic heterocycles. The average Bonchev–Trinajstić information content (AvgIpc) is 2.81. The van der Waals surface area contributed by atoms with Crippen LogP contribution in [0.5, 0.6) is 5.75 Å². The second-order valence-electron chi connectivity index (χ2n) is 7.31. The van der Waals surface area contributed by atoms with Crippen LogP contribution >= 0.6 is 11.6 Å². The van der Waals surface area contributed by atoms with E-state index in [1.807, 2.05) is 36.1 Å². The standard InChI is InChI=1S/C21H23ClN6O3S/c1-15-3-6-19(23-14-15)24-20-7-8-21(26-25-20)27-9-11-28(12-10-27)32(29,30)18-13-16(22)4-5-17(18)31-2/h3-8,13-14H,9-12H2,1-2H3,(H,23,24,25). The molecule has 4 rings (SSSR count). The smallest absolute Gasteiger partial charge is 0.246 e. The van der Waals surface area contributed by atoms with Gasteiger partial charge in [0.2, 0.25) is 10.0 Å². The lowest BCUT2D eigenvalue weighted by Crippen LogP contribution is -2.49. The summed E-state index contributed by atoms with van der Waals surface area (Å²) in [6, 6.07) is 12.1. The van der Waals surface area contributed by atoms with Crippen molar-refractivity contribution in [2.75, 3.05) is 43.5 Å². The van der Waals surface area contributed by atoms with Crippen molar-refractivity contribution < 1.29 is 13.2 Å². The normalized spacial score (nSPS) is 14.9. The molecule has 1 N–H and O–H groups in total. The average molecular weight is 475 g/mol. The molecule has 9 nitrogen and oxygen atoms in total. The molecule has 0 unspecified atom stereocenters. The molecule has 0 spiro atoms. The topological polar surface area (TPSA) is 101 Å². The van der Waals surface area contributed by atoms with Crippen molar-refractivity contribution >= 4 is 39.1 Å². The molecule has 1 aromatic carbocycles. The van der Waals surface area contributed by atoms with Gasteiger partial charge in [-0.2, -0.15) is 4.31 Å². The van der Waals surface area contributed by atoms with E-state index in [9.17, 15) is 8.42 Å². The summed E-state index contributed by atoms with van der Waals surface area (Å²) in [5.74, 6) is 2.23.